The molecule has 0 aromatic heterocycles. The Balaban J connectivity index is 2.75. The highest BCUT2D eigenvalue weighted by Crippen LogP contribution is 2.06. The number of nitrogens with two attached hydrogens (primary N) is 1. The normalized spacial score (nSPS) is 13.1. The summed E-state index contributed by atoms with van der Waals surface area (Å²) in [6.45, 7) is 2.69. The number of esters is 1. The van der Waals surface area contributed by atoms with Gasteiger partial charge in [0.05, 0.1) is 0 Å². The van der Waals surface area contributed by atoms with Crippen LogP contribution >= 0.6 is 0 Å². The fourth-order valence-corrected chi connectivity index (χ4v) is 1.60. The van der Waals surface area contributed by atoms with E-state index in [0.29, 0.717) is 0 Å². The molecule has 2 unspecified atom stereocenters. The van der Waals surface area contributed by atoms with E-state index in [-0.39, 0.29) is 12.3 Å². The molecule has 0 saturated heterocycles. The zero-order valence-electron chi connectivity index (χ0n) is 11.5. The van der Waals surface area contributed by atoms with Crippen molar-refractivity contribution in [3.8, 4) is 0 Å². The van der Waals surface area contributed by atoms with Crippen molar-refractivity contribution in [2.45, 2.75) is 32.4 Å². The first-order chi connectivity index (χ1) is 9.40. The molecule has 1 aromatic carbocycles. The molecule has 3 N–H and O–H groups in total. The lowest BCUT2D eigenvalue weighted by Gasteiger charge is -2.18. The second-order valence-corrected chi connectivity index (χ2v) is 4.42. The van der Waals surface area contributed by atoms with E-state index < -0.39 is 24.0 Å². The van der Waals surface area contributed by atoms with Crippen molar-refractivity contribution in [3.05, 3.63) is 35.9 Å². The van der Waals surface area contributed by atoms with Gasteiger partial charge < -0.3 is 15.8 Å². The lowest BCUT2D eigenvalue weighted by atomic mass is 10.1. The molecule has 0 radical (unpaired) electrons. The minimum atomic E-state index is -1.03. The summed E-state index contributed by atoms with van der Waals surface area (Å²) in [6.07, 6.45) is -0.750. The Morgan fingerprint density at radius 1 is 1.25 bits per heavy atom. The standard InChI is InChI=1S/C14H18N2O4/c1-9(13(15)18)20-14(19)12(16-10(2)17)8-11-6-4-3-5-7-11/h3-7,9,12H,8H2,1-2H3,(H2,15,18)(H,16,17). The van der Waals surface area contributed by atoms with E-state index in [9.17, 15) is 14.4 Å². The number of rotatable bonds is 6. The summed E-state index contributed by atoms with van der Waals surface area (Å²) in [5.74, 6) is -1.77. The molecular weight excluding hydrogens is 260 g/mol. The van der Waals surface area contributed by atoms with Gasteiger partial charge in [-0.3, -0.25) is 9.59 Å². The highest BCUT2D eigenvalue weighted by atomic mass is 16.5. The number of ether oxygens (including phenoxy) is 1. The average Bonchev–Trinajstić information content (AvgIpc) is 2.38. The number of amides is 2. The molecule has 0 fully saturated rings. The van der Waals surface area contributed by atoms with E-state index in [2.05, 4.69) is 5.32 Å². The largest absolute Gasteiger partial charge is 0.451 e. The van der Waals surface area contributed by atoms with Gasteiger partial charge in [-0.2, -0.15) is 0 Å². The molecule has 0 heterocycles. The van der Waals surface area contributed by atoms with Gasteiger partial charge in [-0.1, -0.05) is 30.3 Å². The molecule has 2 amide bonds. The Labute approximate surface area is 117 Å². The van der Waals surface area contributed by atoms with Crippen LogP contribution in [0.2, 0.25) is 0 Å². The smallest absolute Gasteiger partial charge is 0.329 e. The van der Waals surface area contributed by atoms with Crippen LogP contribution in [0.3, 0.4) is 0 Å². The number of hydrogen-bond donors (Lipinski definition) is 2. The maximum Gasteiger partial charge on any atom is 0.329 e. The van der Waals surface area contributed by atoms with Crippen molar-refractivity contribution >= 4 is 17.8 Å². The maximum atomic E-state index is 12.0. The molecule has 108 valence electrons. The SMILES string of the molecule is CC(=O)NC(Cc1ccccc1)C(=O)OC(C)C(N)=O. The van der Waals surface area contributed by atoms with Gasteiger partial charge in [0, 0.05) is 13.3 Å². The van der Waals surface area contributed by atoms with Crippen LogP contribution in [0.1, 0.15) is 19.4 Å². The van der Waals surface area contributed by atoms with Gasteiger partial charge >= 0.3 is 5.97 Å². The molecule has 2 atom stereocenters. The van der Waals surface area contributed by atoms with Gasteiger partial charge in [-0.05, 0) is 12.5 Å². The second-order valence-electron chi connectivity index (χ2n) is 4.42. The van der Waals surface area contributed by atoms with Crippen LogP contribution in [-0.2, 0) is 25.5 Å². The lowest BCUT2D eigenvalue weighted by molar-refractivity contribution is -0.156. The van der Waals surface area contributed by atoms with E-state index in [4.69, 9.17) is 10.5 Å². The van der Waals surface area contributed by atoms with Gasteiger partial charge in [0.2, 0.25) is 5.91 Å². The molecule has 0 spiro atoms. The van der Waals surface area contributed by atoms with Crippen molar-refractivity contribution in [1.29, 1.82) is 0 Å². The Morgan fingerprint density at radius 3 is 2.35 bits per heavy atom. The minimum absolute atomic E-state index is 0.282. The second kappa shape index (κ2) is 7.28. The summed E-state index contributed by atoms with van der Waals surface area (Å²) < 4.78 is 4.92. The van der Waals surface area contributed by atoms with Crippen LogP contribution in [0.25, 0.3) is 0 Å². The first kappa shape index (κ1) is 15.7. The van der Waals surface area contributed by atoms with Gasteiger partial charge in [-0.15, -0.1) is 0 Å². The predicted molar refractivity (Wildman–Crippen MR) is 72.5 cm³/mol. The minimum Gasteiger partial charge on any atom is -0.451 e. The number of benzene rings is 1. The molecule has 0 aliphatic rings. The van der Waals surface area contributed by atoms with E-state index >= 15 is 0 Å². The fourth-order valence-electron chi connectivity index (χ4n) is 1.60. The topological polar surface area (TPSA) is 98.5 Å². The van der Waals surface area contributed by atoms with Gasteiger partial charge in [-0.25, -0.2) is 4.79 Å². The molecule has 0 saturated carbocycles. The van der Waals surface area contributed by atoms with E-state index in [1.807, 2.05) is 30.3 Å². The van der Waals surface area contributed by atoms with Crippen molar-refractivity contribution in [2.75, 3.05) is 0 Å². The predicted octanol–water partition coefficient (Wildman–Crippen LogP) is 0.151. The Bertz CT molecular complexity index is 487. The van der Waals surface area contributed by atoms with Crippen LogP contribution in [0.5, 0.6) is 0 Å². The number of nitrogens with one attached hydrogen (secondary N) is 1. The number of hydrogen-bond acceptors (Lipinski definition) is 4. The maximum absolute atomic E-state index is 12.0. The summed E-state index contributed by atoms with van der Waals surface area (Å²) in [5, 5.41) is 2.51. The van der Waals surface area contributed by atoms with Gasteiger partial charge in [0.1, 0.15) is 6.04 Å². The Hall–Kier alpha value is -2.37. The highest BCUT2D eigenvalue weighted by Gasteiger charge is 2.24. The van der Waals surface area contributed by atoms with Crippen LogP contribution in [0.4, 0.5) is 0 Å². The molecule has 6 nitrogen and oxygen atoms in total. The van der Waals surface area contributed by atoms with Crippen molar-refractivity contribution in [3.63, 3.8) is 0 Å². The van der Waals surface area contributed by atoms with Crippen molar-refractivity contribution < 1.29 is 19.1 Å². The molecule has 0 aliphatic carbocycles. The molecule has 6 heteroatoms. The van der Waals surface area contributed by atoms with Crippen LogP contribution < -0.4 is 11.1 Å². The van der Waals surface area contributed by atoms with E-state index in [1.165, 1.54) is 13.8 Å². The van der Waals surface area contributed by atoms with Crippen LogP contribution in [-0.4, -0.2) is 29.9 Å². The van der Waals surface area contributed by atoms with Crippen molar-refractivity contribution in [1.82, 2.24) is 5.32 Å². The monoisotopic (exact) mass is 278 g/mol. The van der Waals surface area contributed by atoms with Crippen molar-refractivity contribution in [2.24, 2.45) is 5.73 Å². The van der Waals surface area contributed by atoms with Crippen LogP contribution in [0.15, 0.2) is 30.3 Å². The molecule has 20 heavy (non-hydrogen) atoms. The molecule has 0 bridgehead atoms. The van der Waals surface area contributed by atoms with Gasteiger partial charge in [0.25, 0.3) is 5.91 Å². The molecular formula is C14H18N2O4. The Morgan fingerprint density at radius 2 is 1.85 bits per heavy atom. The average molecular weight is 278 g/mol. The lowest BCUT2D eigenvalue weighted by Crippen LogP contribution is -2.44. The first-order valence-corrected chi connectivity index (χ1v) is 6.21. The summed E-state index contributed by atoms with van der Waals surface area (Å²) in [6, 6.07) is 8.33. The zero-order chi connectivity index (χ0) is 15.1. The third kappa shape index (κ3) is 5.09. The van der Waals surface area contributed by atoms with E-state index in [0.717, 1.165) is 5.56 Å². The summed E-state index contributed by atoms with van der Waals surface area (Å²) >= 11 is 0. The third-order valence-corrected chi connectivity index (χ3v) is 2.64. The summed E-state index contributed by atoms with van der Waals surface area (Å²) in [4.78, 5) is 34.0. The Kier molecular flexibility index (Phi) is 5.71. The molecule has 1 rings (SSSR count). The quantitative estimate of drug-likeness (QED) is 0.724. The summed E-state index contributed by atoms with van der Waals surface area (Å²) in [5.41, 5.74) is 5.91. The first-order valence-electron chi connectivity index (χ1n) is 6.21. The van der Waals surface area contributed by atoms with E-state index in [1.54, 1.807) is 0 Å². The van der Waals surface area contributed by atoms with Crippen LogP contribution in [0, 0.1) is 0 Å². The third-order valence-electron chi connectivity index (χ3n) is 2.64. The number of carbonyl (C=O) groups excluding carboxylic acids is 3. The summed E-state index contributed by atoms with van der Waals surface area (Å²) in [7, 11) is 0. The zero-order valence-corrected chi connectivity index (χ0v) is 11.5. The molecule has 1 aromatic rings. The number of carbonyl (C=O) groups is 3. The number of primary amides is 1. The molecule has 0 aliphatic heterocycles. The van der Waals surface area contributed by atoms with Gasteiger partial charge in [0.15, 0.2) is 6.10 Å². The highest BCUT2D eigenvalue weighted by molar-refractivity contribution is 5.86. The fraction of sp³-hybridized carbons (Fsp3) is 0.357.